The molecule has 0 aromatic heterocycles. The highest BCUT2D eigenvalue weighted by molar-refractivity contribution is 5.80. The minimum absolute atomic E-state index is 0.161. The summed E-state index contributed by atoms with van der Waals surface area (Å²) in [4.78, 5) is 16.2. The first-order valence-corrected chi connectivity index (χ1v) is 10.8. The second kappa shape index (κ2) is 7.58. The van der Waals surface area contributed by atoms with Crippen molar-refractivity contribution in [2.45, 2.75) is 104 Å². The van der Waals surface area contributed by atoms with Gasteiger partial charge in [-0.05, 0) is 69.6 Å². The minimum atomic E-state index is 0.161. The number of fused-ring (bicyclic) bond motifs is 1. The lowest BCUT2D eigenvalue weighted by Gasteiger charge is -2.42. The van der Waals surface area contributed by atoms with Gasteiger partial charge in [0.05, 0.1) is 12.2 Å². The van der Waals surface area contributed by atoms with E-state index in [4.69, 9.17) is 4.74 Å². The molecular formula is C22H39NO2. The lowest BCUT2D eigenvalue weighted by Crippen LogP contribution is -2.50. The van der Waals surface area contributed by atoms with Crippen LogP contribution >= 0.6 is 0 Å². The Labute approximate surface area is 154 Å². The van der Waals surface area contributed by atoms with Gasteiger partial charge in [0.25, 0.3) is 0 Å². The van der Waals surface area contributed by atoms with Crippen LogP contribution in [0.25, 0.3) is 0 Å². The Balaban J connectivity index is 1.84. The third kappa shape index (κ3) is 3.77. The zero-order valence-corrected chi connectivity index (χ0v) is 17.2. The van der Waals surface area contributed by atoms with Crippen LogP contribution in [0.1, 0.15) is 80.1 Å². The monoisotopic (exact) mass is 349 g/mol. The average Bonchev–Trinajstić information content (AvgIpc) is 3.05. The first kappa shape index (κ1) is 19.2. The first-order valence-electron chi connectivity index (χ1n) is 10.8. The zero-order valence-electron chi connectivity index (χ0n) is 17.2. The molecule has 5 unspecified atom stereocenters. The second-order valence-electron chi connectivity index (χ2n) is 9.81. The Hall–Kier alpha value is -0.570. The van der Waals surface area contributed by atoms with E-state index in [-0.39, 0.29) is 18.1 Å². The van der Waals surface area contributed by atoms with Crippen LogP contribution in [0.3, 0.4) is 0 Å². The summed E-state index contributed by atoms with van der Waals surface area (Å²) in [6.45, 7) is 13.4. The average molecular weight is 350 g/mol. The summed E-state index contributed by atoms with van der Waals surface area (Å²) in [5, 5.41) is 0. The number of carbonyl (C=O) groups is 1. The van der Waals surface area contributed by atoms with Gasteiger partial charge in [-0.3, -0.25) is 4.79 Å². The Bertz CT molecular complexity index is 465. The molecular weight excluding hydrogens is 310 g/mol. The molecule has 144 valence electrons. The molecule has 3 aliphatic rings. The maximum absolute atomic E-state index is 13.8. The molecule has 0 spiro atoms. The van der Waals surface area contributed by atoms with Crippen molar-refractivity contribution in [1.29, 1.82) is 0 Å². The fourth-order valence-corrected chi connectivity index (χ4v) is 6.20. The largest absolute Gasteiger partial charge is 0.376 e. The number of rotatable bonds is 4. The van der Waals surface area contributed by atoms with Gasteiger partial charge in [0.2, 0.25) is 5.91 Å². The summed E-state index contributed by atoms with van der Waals surface area (Å²) in [7, 11) is 0. The van der Waals surface area contributed by atoms with Crippen molar-refractivity contribution in [2.24, 2.45) is 29.6 Å². The molecule has 3 fully saturated rings. The molecule has 0 bridgehead atoms. The van der Waals surface area contributed by atoms with Crippen molar-refractivity contribution in [1.82, 2.24) is 4.90 Å². The molecule has 3 nitrogen and oxygen atoms in total. The summed E-state index contributed by atoms with van der Waals surface area (Å²) in [6.07, 6.45) is 7.73. The normalized spacial score (nSPS) is 39.9. The van der Waals surface area contributed by atoms with Crippen LogP contribution in [0.15, 0.2) is 0 Å². The molecule has 2 heterocycles. The Morgan fingerprint density at radius 2 is 1.64 bits per heavy atom. The molecule has 1 aliphatic carbocycles. The number of amides is 1. The SMILES string of the molecule is CC1CC(C(C(=O)N2C3CCCC3C[C@H]2C(C)C)C(C)C)CC(C)O1. The van der Waals surface area contributed by atoms with Crippen molar-refractivity contribution in [2.75, 3.05) is 0 Å². The van der Waals surface area contributed by atoms with Gasteiger partial charge in [-0.25, -0.2) is 0 Å². The van der Waals surface area contributed by atoms with E-state index >= 15 is 0 Å². The van der Waals surface area contributed by atoms with E-state index < -0.39 is 0 Å². The van der Waals surface area contributed by atoms with Crippen molar-refractivity contribution in [3.05, 3.63) is 0 Å². The van der Waals surface area contributed by atoms with Crippen LogP contribution < -0.4 is 0 Å². The standard InChI is InChI=1S/C22H39NO2/c1-13(2)20-12-17-8-7-9-19(17)23(20)22(24)21(14(3)4)18-10-15(5)25-16(6)11-18/h13-21H,7-12H2,1-6H3/t15?,16?,17?,18?,19?,20-,21?/m0/s1. The molecule has 1 amide bonds. The van der Waals surface area contributed by atoms with Crippen LogP contribution in [0.2, 0.25) is 0 Å². The van der Waals surface area contributed by atoms with E-state index in [0.717, 1.165) is 18.8 Å². The molecule has 25 heavy (non-hydrogen) atoms. The van der Waals surface area contributed by atoms with E-state index in [1.807, 2.05) is 0 Å². The van der Waals surface area contributed by atoms with E-state index in [0.29, 0.717) is 35.7 Å². The second-order valence-corrected chi connectivity index (χ2v) is 9.81. The van der Waals surface area contributed by atoms with Gasteiger partial charge in [-0.2, -0.15) is 0 Å². The minimum Gasteiger partial charge on any atom is -0.376 e. The number of hydrogen-bond acceptors (Lipinski definition) is 2. The van der Waals surface area contributed by atoms with Crippen LogP contribution in [0.4, 0.5) is 0 Å². The topological polar surface area (TPSA) is 29.5 Å². The quantitative estimate of drug-likeness (QED) is 0.723. The number of nitrogens with zero attached hydrogens (tertiary/aromatic N) is 1. The van der Waals surface area contributed by atoms with Crippen LogP contribution in [-0.4, -0.2) is 35.1 Å². The maximum Gasteiger partial charge on any atom is 0.226 e. The van der Waals surface area contributed by atoms with Crippen LogP contribution in [-0.2, 0) is 9.53 Å². The molecule has 0 N–H and O–H groups in total. The lowest BCUT2D eigenvalue weighted by atomic mass is 9.75. The molecule has 1 saturated carbocycles. The Morgan fingerprint density at radius 1 is 1.00 bits per heavy atom. The van der Waals surface area contributed by atoms with E-state index in [2.05, 4.69) is 46.4 Å². The summed E-state index contributed by atoms with van der Waals surface area (Å²) in [6, 6.07) is 0.981. The molecule has 2 aliphatic heterocycles. The van der Waals surface area contributed by atoms with E-state index in [1.54, 1.807) is 0 Å². The fourth-order valence-electron chi connectivity index (χ4n) is 6.20. The Kier molecular flexibility index (Phi) is 5.82. The van der Waals surface area contributed by atoms with Crippen molar-refractivity contribution in [3.8, 4) is 0 Å². The first-order chi connectivity index (χ1) is 11.8. The fraction of sp³-hybridized carbons (Fsp3) is 0.955. The number of hydrogen-bond donors (Lipinski definition) is 0. The maximum atomic E-state index is 13.8. The van der Waals surface area contributed by atoms with Gasteiger partial charge in [0, 0.05) is 18.0 Å². The van der Waals surface area contributed by atoms with Gasteiger partial charge < -0.3 is 9.64 Å². The van der Waals surface area contributed by atoms with Gasteiger partial charge in [-0.15, -0.1) is 0 Å². The van der Waals surface area contributed by atoms with Gasteiger partial charge in [0.1, 0.15) is 0 Å². The molecule has 2 saturated heterocycles. The lowest BCUT2D eigenvalue weighted by molar-refractivity contribution is -0.147. The van der Waals surface area contributed by atoms with Gasteiger partial charge in [0.15, 0.2) is 0 Å². The summed E-state index contributed by atoms with van der Waals surface area (Å²) >= 11 is 0. The van der Waals surface area contributed by atoms with Crippen LogP contribution in [0.5, 0.6) is 0 Å². The summed E-state index contributed by atoms with van der Waals surface area (Å²) < 4.78 is 5.96. The number of ether oxygens (including phenoxy) is 1. The summed E-state index contributed by atoms with van der Waals surface area (Å²) in [5.74, 6) is 2.83. The predicted molar refractivity (Wildman–Crippen MR) is 102 cm³/mol. The third-order valence-corrected chi connectivity index (χ3v) is 7.15. The predicted octanol–water partition coefficient (Wildman–Crippen LogP) is 4.89. The van der Waals surface area contributed by atoms with Gasteiger partial charge >= 0.3 is 0 Å². The smallest absolute Gasteiger partial charge is 0.226 e. The number of carbonyl (C=O) groups excluding carboxylic acids is 1. The molecule has 0 aromatic carbocycles. The molecule has 0 aromatic rings. The van der Waals surface area contributed by atoms with E-state index in [9.17, 15) is 4.79 Å². The van der Waals surface area contributed by atoms with Crippen LogP contribution in [0, 0.1) is 29.6 Å². The van der Waals surface area contributed by atoms with E-state index in [1.165, 1.54) is 25.7 Å². The summed E-state index contributed by atoms with van der Waals surface area (Å²) in [5.41, 5.74) is 0. The van der Waals surface area contributed by atoms with Crippen molar-refractivity contribution >= 4 is 5.91 Å². The molecule has 3 rings (SSSR count). The zero-order chi connectivity index (χ0) is 18.3. The third-order valence-electron chi connectivity index (χ3n) is 7.15. The molecule has 6 atom stereocenters. The van der Waals surface area contributed by atoms with Crippen molar-refractivity contribution < 1.29 is 9.53 Å². The highest BCUT2D eigenvalue weighted by atomic mass is 16.5. The highest BCUT2D eigenvalue weighted by Gasteiger charge is 2.49. The van der Waals surface area contributed by atoms with Crippen molar-refractivity contribution in [3.63, 3.8) is 0 Å². The molecule has 0 radical (unpaired) electrons. The number of likely N-dealkylation sites (tertiary alicyclic amines) is 1. The molecule has 3 heteroatoms. The Morgan fingerprint density at radius 3 is 2.20 bits per heavy atom. The van der Waals surface area contributed by atoms with Gasteiger partial charge in [-0.1, -0.05) is 34.1 Å². The highest BCUT2D eigenvalue weighted by Crippen LogP contribution is 2.46.